The number of hydrogen-bond acceptors (Lipinski definition) is 7. The maximum atomic E-state index is 13.6. The minimum atomic E-state index is -0.586. The van der Waals surface area contributed by atoms with Gasteiger partial charge in [0.2, 0.25) is 0 Å². The van der Waals surface area contributed by atoms with Crippen molar-refractivity contribution in [2.45, 2.75) is 29.7 Å². The number of benzene rings is 2. The molecule has 0 fully saturated rings. The highest BCUT2D eigenvalue weighted by molar-refractivity contribution is 7.98. The summed E-state index contributed by atoms with van der Waals surface area (Å²) in [4.78, 5) is 34.0. The lowest BCUT2D eigenvalue weighted by molar-refractivity contribution is -0.139. The van der Waals surface area contributed by atoms with E-state index in [1.165, 1.54) is 11.3 Å². The third-order valence-corrected chi connectivity index (χ3v) is 7.83. The van der Waals surface area contributed by atoms with E-state index in [9.17, 15) is 9.59 Å². The maximum absolute atomic E-state index is 13.6. The smallest absolute Gasteiger partial charge is 0.338 e. The van der Waals surface area contributed by atoms with E-state index >= 15 is 0 Å². The van der Waals surface area contributed by atoms with Crippen molar-refractivity contribution in [3.63, 3.8) is 0 Å². The summed E-state index contributed by atoms with van der Waals surface area (Å²) in [6, 6.07) is 15.4. The minimum Gasteiger partial charge on any atom is -0.463 e. The molecule has 8 heteroatoms. The highest BCUT2D eigenvalue weighted by Crippen LogP contribution is 2.31. The van der Waals surface area contributed by atoms with Gasteiger partial charge in [0.25, 0.3) is 5.56 Å². The van der Waals surface area contributed by atoms with E-state index in [4.69, 9.17) is 4.74 Å². The number of carbonyl (C=O) groups is 1. The van der Waals surface area contributed by atoms with E-state index in [0.717, 1.165) is 20.9 Å². The quantitative estimate of drug-likeness (QED) is 0.377. The van der Waals surface area contributed by atoms with Gasteiger partial charge in [-0.05, 0) is 67.8 Å². The van der Waals surface area contributed by atoms with Gasteiger partial charge < -0.3 is 4.74 Å². The molecule has 0 bridgehead atoms. The summed E-state index contributed by atoms with van der Waals surface area (Å²) in [5.74, 6) is -0.445. The highest BCUT2D eigenvalue weighted by Gasteiger charge is 2.33. The molecule has 0 radical (unpaired) electrons. The molecule has 2 heterocycles. The van der Waals surface area contributed by atoms with E-state index < -0.39 is 12.0 Å². The van der Waals surface area contributed by atoms with Crippen molar-refractivity contribution in [3.8, 4) is 0 Å². The number of carbonyl (C=O) groups excluding carboxylic acids is 1. The molecule has 0 amide bonds. The molecule has 33 heavy (non-hydrogen) atoms. The van der Waals surface area contributed by atoms with Crippen molar-refractivity contribution in [2.75, 3.05) is 19.1 Å². The Kier molecular flexibility index (Phi) is 7.26. The van der Waals surface area contributed by atoms with E-state index in [-0.39, 0.29) is 12.2 Å². The lowest BCUT2D eigenvalue weighted by Crippen LogP contribution is -2.39. The first-order valence-electron chi connectivity index (χ1n) is 10.4. The van der Waals surface area contributed by atoms with Crippen LogP contribution < -0.4 is 14.9 Å². The van der Waals surface area contributed by atoms with Gasteiger partial charge in [0.05, 0.1) is 28.5 Å². The maximum Gasteiger partial charge on any atom is 0.338 e. The Bertz CT molecular complexity index is 1380. The van der Waals surface area contributed by atoms with Crippen LogP contribution in [0.5, 0.6) is 0 Å². The van der Waals surface area contributed by atoms with Gasteiger partial charge >= 0.3 is 5.97 Å². The molecular formula is C25H24N2O3S3. The Labute approximate surface area is 204 Å². The van der Waals surface area contributed by atoms with Crippen LogP contribution in [0.1, 0.15) is 31.0 Å². The predicted octanol–water partition coefficient (Wildman–Crippen LogP) is 4.24. The number of allylic oxidation sites excluding steroid dienone is 1. The minimum absolute atomic E-state index is 0.166. The topological polar surface area (TPSA) is 60.7 Å². The van der Waals surface area contributed by atoms with Crippen LogP contribution in [0.15, 0.2) is 79.4 Å². The summed E-state index contributed by atoms with van der Waals surface area (Å²) in [5, 5.41) is 0. The number of nitrogens with zero attached hydrogens (tertiary/aromatic N) is 2. The molecule has 1 aromatic heterocycles. The molecule has 1 unspecified atom stereocenters. The zero-order chi connectivity index (χ0) is 23.5. The number of rotatable bonds is 6. The molecule has 3 aromatic rings. The summed E-state index contributed by atoms with van der Waals surface area (Å²) < 4.78 is 7.55. The zero-order valence-electron chi connectivity index (χ0n) is 18.8. The predicted molar refractivity (Wildman–Crippen MR) is 137 cm³/mol. The molecule has 1 aliphatic heterocycles. The number of fused-ring (bicyclic) bond motifs is 1. The zero-order valence-corrected chi connectivity index (χ0v) is 21.3. The van der Waals surface area contributed by atoms with Crippen molar-refractivity contribution >= 4 is 46.9 Å². The normalized spacial score (nSPS) is 15.9. The molecule has 1 aliphatic rings. The molecule has 2 aromatic carbocycles. The number of ether oxygens (including phenoxy) is 1. The molecule has 0 saturated heterocycles. The van der Waals surface area contributed by atoms with Crippen molar-refractivity contribution in [3.05, 3.63) is 90.6 Å². The summed E-state index contributed by atoms with van der Waals surface area (Å²) in [7, 11) is 0. The van der Waals surface area contributed by atoms with Gasteiger partial charge in [-0.2, -0.15) is 0 Å². The van der Waals surface area contributed by atoms with Gasteiger partial charge in [-0.1, -0.05) is 35.6 Å². The summed E-state index contributed by atoms with van der Waals surface area (Å²) >= 11 is 4.65. The molecule has 1 atom stereocenters. The summed E-state index contributed by atoms with van der Waals surface area (Å²) in [5.41, 5.74) is 2.60. The van der Waals surface area contributed by atoms with Gasteiger partial charge in [-0.3, -0.25) is 9.36 Å². The SMILES string of the molecule is CCOC(=O)C1=C(C)N=c2s/c(=C/c3ccc(SC)cc3)c(=O)n2C1c1ccc(SC)cc1. The third kappa shape index (κ3) is 4.74. The van der Waals surface area contributed by atoms with Crippen LogP contribution in [0.2, 0.25) is 0 Å². The number of aromatic nitrogens is 1. The van der Waals surface area contributed by atoms with Crippen molar-refractivity contribution in [1.82, 2.24) is 4.57 Å². The monoisotopic (exact) mass is 496 g/mol. The van der Waals surface area contributed by atoms with Gasteiger partial charge in [0, 0.05) is 9.79 Å². The second-order valence-electron chi connectivity index (χ2n) is 7.35. The number of hydrogen-bond donors (Lipinski definition) is 0. The van der Waals surface area contributed by atoms with E-state index in [2.05, 4.69) is 4.99 Å². The van der Waals surface area contributed by atoms with Crippen molar-refractivity contribution in [2.24, 2.45) is 4.99 Å². The Hall–Kier alpha value is -2.55. The van der Waals surface area contributed by atoms with Crippen LogP contribution in [0.25, 0.3) is 6.08 Å². The number of esters is 1. The average molecular weight is 497 g/mol. The first-order valence-corrected chi connectivity index (χ1v) is 13.7. The summed E-state index contributed by atoms with van der Waals surface area (Å²) in [6.45, 7) is 3.82. The summed E-state index contributed by atoms with van der Waals surface area (Å²) in [6.07, 6.45) is 5.92. The van der Waals surface area contributed by atoms with Crippen molar-refractivity contribution in [1.29, 1.82) is 0 Å². The largest absolute Gasteiger partial charge is 0.463 e. The fourth-order valence-corrected chi connectivity index (χ4v) is 5.61. The molecule has 0 saturated carbocycles. The molecule has 0 spiro atoms. The van der Waals surface area contributed by atoms with Crippen LogP contribution in [-0.4, -0.2) is 29.7 Å². The van der Waals surface area contributed by atoms with E-state index in [0.29, 0.717) is 20.6 Å². The molecule has 5 nitrogen and oxygen atoms in total. The van der Waals surface area contributed by atoms with Gasteiger partial charge in [0.15, 0.2) is 4.80 Å². The Morgan fingerprint density at radius 2 is 1.70 bits per heavy atom. The van der Waals surface area contributed by atoms with E-state index in [1.54, 1.807) is 41.9 Å². The molecule has 170 valence electrons. The second kappa shape index (κ2) is 10.2. The Morgan fingerprint density at radius 3 is 2.27 bits per heavy atom. The first-order chi connectivity index (χ1) is 16.0. The van der Waals surface area contributed by atoms with Gasteiger partial charge in [-0.25, -0.2) is 9.79 Å². The highest BCUT2D eigenvalue weighted by atomic mass is 32.2. The fourth-order valence-electron chi connectivity index (χ4n) is 3.74. The number of thiazole rings is 1. The van der Waals surface area contributed by atoms with Crippen LogP contribution in [0.4, 0.5) is 0 Å². The van der Waals surface area contributed by atoms with Gasteiger partial charge in [-0.15, -0.1) is 23.5 Å². The molecule has 4 rings (SSSR count). The van der Waals surface area contributed by atoms with E-state index in [1.807, 2.05) is 67.1 Å². The molecule has 0 aliphatic carbocycles. The Balaban J connectivity index is 1.90. The number of thioether (sulfide) groups is 2. The lowest BCUT2D eigenvalue weighted by Gasteiger charge is -2.24. The Morgan fingerprint density at radius 1 is 1.09 bits per heavy atom. The standard InChI is InChI=1S/C25H24N2O3S3/c1-5-30-24(29)21-15(2)26-25-27(22(21)17-8-12-19(32-4)13-9-17)23(28)20(33-25)14-16-6-10-18(31-3)11-7-16/h6-14,22H,5H2,1-4H3/b20-14+. The lowest BCUT2D eigenvalue weighted by atomic mass is 9.96. The van der Waals surface area contributed by atoms with Crippen LogP contribution in [-0.2, 0) is 9.53 Å². The van der Waals surface area contributed by atoms with Gasteiger partial charge in [0.1, 0.15) is 0 Å². The van der Waals surface area contributed by atoms with Crippen molar-refractivity contribution < 1.29 is 9.53 Å². The third-order valence-electron chi connectivity index (χ3n) is 5.36. The molecule has 0 N–H and O–H groups in total. The molecular weight excluding hydrogens is 472 g/mol. The van der Waals surface area contributed by atoms with Crippen LogP contribution >= 0.6 is 34.9 Å². The fraction of sp³-hybridized carbons (Fsp3) is 0.240. The van der Waals surface area contributed by atoms with Crippen LogP contribution in [0.3, 0.4) is 0 Å². The first kappa shape index (κ1) is 23.6. The second-order valence-corrected chi connectivity index (χ2v) is 10.1. The van der Waals surface area contributed by atoms with Crippen LogP contribution in [0, 0.1) is 0 Å². The average Bonchev–Trinajstić information content (AvgIpc) is 3.13.